The van der Waals surface area contributed by atoms with Gasteiger partial charge in [-0.15, -0.1) is 11.3 Å². The van der Waals surface area contributed by atoms with Crippen molar-refractivity contribution in [2.45, 2.75) is 26.8 Å². The number of hydrogen-bond donors (Lipinski definition) is 3. The zero-order valence-electron chi connectivity index (χ0n) is 12.0. The Hall–Kier alpha value is -2.15. The molecule has 3 N–H and O–H groups in total. The Morgan fingerprint density at radius 2 is 2.14 bits per heavy atom. The predicted octanol–water partition coefficient (Wildman–Crippen LogP) is 2.29. The van der Waals surface area contributed by atoms with Crippen LogP contribution in [0.4, 0.5) is 0 Å². The Kier molecular flexibility index (Phi) is 4.42. The third kappa shape index (κ3) is 3.49. The molecule has 2 rings (SSSR count). The molecule has 0 aliphatic carbocycles. The van der Waals surface area contributed by atoms with Crippen molar-refractivity contribution in [3.8, 4) is 11.3 Å². The molecule has 0 bridgehead atoms. The van der Waals surface area contributed by atoms with E-state index in [1.165, 1.54) is 11.3 Å². The average molecular weight is 307 g/mol. The number of carboxylic acids is 1. The van der Waals surface area contributed by atoms with Gasteiger partial charge in [0.2, 0.25) is 0 Å². The molecule has 7 heteroatoms. The summed E-state index contributed by atoms with van der Waals surface area (Å²) < 4.78 is 0. The number of aliphatic carboxylic acids is 1. The number of aromatic amines is 1. The number of carbonyl (C=O) groups is 2. The van der Waals surface area contributed by atoms with Gasteiger partial charge in [0.1, 0.15) is 11.7 Å². The number of carboxylic acid groups (broad SMARTS) is 1. The maximum Gasteiger partial charge on any atom is 0.326 e. The molecular weight excluding hydrogens is 290 g/mol. The normalized spacial score (nSPS) is 12.4. The van der Waals surface area contributed by atoms with Crippen LogP contribution in [-0.2, 0) is 4.79 Å². The van der Waals surface area contributed by atoms with Crippen molar-refractivity contribution in [1.82, 2.24) is 15.3 Å². The van der Waals surface area contributed by atoms with Gasteiger partial charge >= 0.3 is 5.97 Å². The second kappa shape index (κ2) is 6.09. The number of nitrogens with zero attached hydrogens (tertiary/aromatic N) is 1. The quantitative estimate of drug-likeness (QED) is 0.789. The van der Waals surface area contributed by atoms with E-state index in [2.05, 4.69) is 15.3 Å². The number of amides is 1. The summed E-state index contributed by atoms with van der Waals surface area (Å²) in [7, 11) is 0. The zero-order valence-corrected chi connectivity index (χ0v) is 12.8. The molecule has 0 saturated heterocycles. The molecule has 6 nitrogen and oxygen atoms in total. The van der Waals surface area contributed by atoms with Gasteiger partial charge in [-0.2, -0.15) is 0 Å². The molecule has 0 saturated carbocycles. The first-order chi connectivity index (χ1) is 9.88. The van der Waals surface area contributed by atoms with Crippen molar-refractivity contribution in [3.05, 3.63) is 28.3 Å². The van der Waals surface area contributed by atoms with Gasteiger partial charge in [-0.1, -0.05) is 13.8 Å². The van der Waals surface area contributed by atoms with Gasteiger partial charge in [-0.25, -0.2) is 9.78 Å². The minimum atomic E-state index is -1.04. The first-order valence-electron chi connectivity index (χ1n) is 6.53. The molecule has 112 valence electrons. The monoisotopic (exact) mass is 307 g/mol. The highest BCUT2D eigenvalue weighted by Gasteiger charge is 2.24. The highest BCUT2D eigenvalue weighted by atomic mass is 32.1. The number of hydrogen-bond acceptors (Lipinski definition) is 4. The van der Waals surface area contributed by atoms with E-state index in [0.717, 1.165) is 16.3 Å². The molecule has 2 aromatic heterocycles. The molecule has 0 aliphatic rings. The fourth-order valence-corrected chi connectivity index (χ4v) is 2.52. The van der Waals surface area contributed by atoms with Crippen molar-refractivity contribution in [2.75, 3.05) is 0 Å². The Bertz CT molecular complexity index is 660. The summed E-state index contributed by atoms with van der Waals surface area (Å²) in [5.74, 6) is -1.67. The van der Waals surface area contributed by atoms with E-state index < -0.39 is 17.9 Å². The molecule has 0 fully saturated rings. The summed E-state index contributed by atoms with van der Waals surface area (Å²) in [6.07, 6.45) is 1.69. The van der Waals surface area contributed by atoms with Crippen LogP contribution in [0.25, 0.3) is 11.3 Å². The lowest BCUT2D eigenvalue weighted by atomic mass is 10.0. The lowest BCUT2D eigenvalue weighted by Gasteiger charge is -2.17. The van der Waals surface area contributed by atoms with Crippen LogP contribution in [0.15, 0.2) is 17.6 Å². The van der Waals surface area contributed by atoms with Crippen LogP contribution in [-0.4, -0.2) is 33.0 Å². The van der Waals surface area contributed by atoms with E-state index in [1.807, 2.05) is 12.3 Å². The molecule has 1 amide bonds. The Labute approximate surface area is 126 Å². The summed E-state index contributed by atoms with van der Waals surface area (Å²) in [6, 6.07) is 0.758. The van der Waals surface area contributed by atoms with E-state index in [9.17, 15) is 9.59 Å². The Morgan fingerprint density at radius 3 is 2.67 bits per heavy atom. The predicted molar refractivity (Wildman–Crippen MR) is 80.4 cm³/mol. The number of thiazole rings is 1. The summed E-state index contributed by atoms with van der Waals surface area (Å²) in [6.45, 7) is 5.41. The number of nitrogens with one attached hydrogen (secondary N) is 2. The lowest BCUT2D eigenvalue weighted by molar-refractivity contribution is -0.140. The lowest BCUT2D eigenvalue weighted by Crippen LogP contribution is -2.44. The molecule has 0 unspecified atom stereocenters. The minimum Gasteiger partial charge on any atom is -0.480 e. The van der Waals surface area contributed by atoms with Gasteiger partial charge in [0.05, 0.1) is 10.7 Å². The second-order valence-corrected chi connectivity index (χ2v) is 6.15. The Balaban J connectivity index is 2.14. The molecule has 1 atom stereocenters. The number of rotatable bonds is 5. The summed E-state index contributed by atoms with van der Waals surface area (Å²) in [5, 5.41) is 14.5. The minimum absolute atomic E-state index is 0.193. The van der Waals surface area contributed by atoms with Crippen molar-refractivity contribution < 1.29 is 14.7 Å². The average Bonchev–Trinajstić information content (AvgIpc) is 3.03. The van der Waals surface area contributed by atoms with Crippen LogP contribution in [0.2, 0.25) is 0 Å². The van der Waals surface area contributed by atoms with E-state index in [-0.39, 0.29) is 5.92 Å². The fourth-order valence-electron chi connectivity index (χ4n) is 1.90. The van der Waals surface area contributed by atoms with Crippen LogP contribution >= 0.6 is 11.3 Å². The van der Waals surface area contributed by atoms with E-state index in [1.54, 1.807) is 26.1 Å². The van der Waals surface area contributed by atoms with Crippen molar-refractivity contribution in [3.63, 3.8) is 0 Å². The first-order valence-corrected chi connectivity index (χ1v) is 7.41. The largest absolute Gasteiger partial charge is 0.480 e. The van der Waals surface area contributed by atoms with E-state index in [0.29, 0.717) is 5.69 Å². The van der Waals surface area contributed by atoms with E-state index in [4.69, 9.17) is 5.11 Å². The SMILES string of the molecule is Cc1nc(-c2c[nH]c(C(=O)N[C@H](C(=O)O)C(C)C)c2)cs1. The van der Waals surface area contributed by atoms with Crippen molar-refractivity contribution >= 4 is 23.2 Å². The standard InChI is InChI=1S/C14H17N3O3S/c1-7(2)12(14(19)20)17-13(18)10-4-9(5-15-10)11-6-21-8(3)16-11/h4-7,12,15H,1-3H3,(H,17,18)(H,19,20)/t12-/m0/s1. The molecule has 21 heavy (non-hydrogen) atoms. The third-order valence-corrected chi connectivity index (χ3v) is 3.84. The van der Waals surface area contributed by atoms with Crippen LogP contribution < -0.4 is 5.32 Å². The van der Waals surface area contributed by atoms with Crippen molar-refractivity contribution in [2.24, 2.45) is 5.92 Å². The molecule has 0 spiro atoms. The fraction of sp³-hybridized carbons (Fsp3) is 0.357. The van der Waals surface area contributed by atoms with Crippen LogP contribution in [0.5, 0.6) is 0 Å². The van der Waals surface area contributed by atoms with Gasteiger partial charge in [-0.05, 0) is 18.9 Å². The van der Waals surface area contributed by atoms with Gasteiger partial charge in [0, 0.05) is 17.1 Å². The summed E-state index contributed by atoms with van der Waals surface area (Å²) in [5.41, 5.74) is 1.93. The number of aryl methyl sites for hydroxylation is 1. The maximum absolute atomic E-state index is 12.1. The molecule has 2 aromatic rings. The van der Waals surface area contributed by atoms with Crippen LogP contribution in [0.1, 0.15) is 29.3 Å². The van der Waals surface area contributed by atoms with Crippen LogP contribution in [0, 0.1) is 12.8 Å². The zero-order chi connectivity index (χ0) is 15.6. The number of carbonyl (C=O) groups excluding carboxylic acids is 1. The maximum atomic E-state index is 12.1. The second-order valence-electron chi connectivity index (χ2n) is 5.09. The molecule has 0 aliphatic heterocycles. The Morgan fingerprint density at radius 1 is 1.43 bits per heavy atom. The topological polar surface area (TPSA) is 95.1 Å². The van der Waals surface area contributed by atoms with Crippen molar-refractivity contribution in [1.29, 1.82) is 0 Å². The van der Waals surface area contributed by atoms with Gasteiger partial charge in [-0.3, -0.25) is 4.79 Å². The molecule has 0 aromatic carbocycles. The third-order valence-electron chi connectivity index (χ3n) is 3.06. The van der Waals surface area contributed by atoms with Gasteiger partial charge in [0.15, 0.2) is 0 Å². The van der Waals surface area contributed by atoms with Gasteiger partial charge in [0.25, 0.3) is 5.91 Å². The highest BCUT2D eigenvalue weighted by molar-refractivity contribution is 7.09. The van der Waals surface area contributed by atoms with Crippen LogP contribution in [0.3, 0.4) is 0 Å². The molecule has 0 radical (unpaired) electrons. The summed E-state index contributed by atoms with van der Waals surface area (Å²) in [4.78, 5) is 30.4. The first kappa shape index (κ1) is 15.2. The smallest absolute Gasteiger partial charge is 0.326 e. The number of aromatic nitrogens is 2. The van der Waals surface area contributed by atoms with Gasteiger partial charge < -0.3 is 15.4 Å². The molecule has 2 heterocycles. The summed E-state index contributed by atoms with van der Waals surface area (Å²) >= 11 is 1.53. The highest BCUT2D eigenvalue weighted by Crippen LogP contribution is 2.22. The number of H-pyrrole nitrogens is 1. The van der Waals surface area contributed by atoms with E-state index >= 15 is 0 Å². The molecular formula is C14H17N3O3S.